The SMILES string of the molecule is [B]1CC2CCCC=C2O1. The van der Waals surface area contributed by atoms with Gasteiger partial charge in [0.2, 0.25) is 0 Å². The van der Waals surface area contributed by atoms with Gasteiger partial charge in [0.05, 0.1) is 5.76 Å². The van der Waals surface area contributed by atoms with Crippen molar-refractivity contribution in [2.24, 2.45) is 5.92 Å². The molecule has 1 aliphatic carbocycles. The van der Waals surface area contributed by atoms with Gasteiger partial charge in [0.1, 0.15) is 0 Å². The highest BCUT2D eigenvalue weighted by Gasteiger charge is 2.25. The van der Waals surface area contributed by atoms with E-state index in [9.17, 15) is 0 Å². The van der Waals surface area contributed by atoms with E-state index < -0.39 is 0 Å². The quantitative estimate of drug-likeness (QED) is 0.443. The first kappa shape index (κ1) is 5.39. The van der Waals surface area contributed by atoms with Crippen LogP contribution in [-0.4, -0.2) is 7.48 Å². The maximum Gasteiger partial charge on any atom is 0.370 e. The number of allylic oxidation sites excluding steroid dienone is 2. The first-order valence-electron chi connectivity index (χ1n) is 3.65. The summed E-state index contributed by atoms with van der Waals surface area (Å²) in [5.41, 5.74) is 0. The van der Waals surface area contributed by atoms with Gasteiger partial charge in [-0.25, -0.2) is 0 Å². The van der Waals surface area contributed by atoms with E-state index in [0.29, 0.717) is 0 Å². The molecule has 0 aromatic rings. The molecule has 0 aromatic carbocycles. The Hall–Kier alpha value is -0.395. The second-order valence-corrected chi connectivity index (χ2v) is 2.75. The van der Waals surface area contributed by atoms with Gasteiger partial charge in [-0.05, 0) is 31.7 Å². The molecule has 2 heteroatoms. The van der Waals surface area contributed by atoms with Crippen LogP contribution in [0.1, 0.15) is 19.3 Å². The van der Waals surface area contributed by atoms with Crippen LogP contribution >= 0.6 is 0 Å². The van der Waals surface area contributed by atoms with E-state index in [1.165, 1.54) is 25.0 Å². The molecule has 1 nitrogen and oxygen atoms in total. The number of fused-ring (bicyclic) bond motifs is 1. The van der Waals surface area contributed by atoms with Gasteiger partial charge in [0, 0.05) is 5.92 Å². The minimum atomic E-state index is 0.749. The Balaban J connectivity index is 2.16. The van der Waals surface area contributed by atoms with E-state index in [1.54, 1.807) is 0 Å². The van der Waals surface area contributed by atoms with Gasteiger partial charge in [-0.3, -0.25) is 0 Å². The maximum absolute atomic E-state index is 5.29. The molecule has 9 heavy (non-hydrogen) atoms. The predicted octanol–water partition coefficient (Wildman–Crippen LogP) is 1.74. The highest BCUT2D eigenvalue weighted by molar-refractivity contribution is 6.29. The minimum absolute atomic E-state index is 0.749. The normalized spacial score (nSPS) is 32.0. The van der Waals surface area contributed by atoms with E-state index in [4.69, 9.17) is 4.65 Å². The zero-order valence-electron chi connectivity index (χ0n) is 5.47. The summed E-state index contributed by atoms with van der Waals surface area (Å²) in [6.07, 6.45) is 7.29. The maximum atomic E-state index is 5.29. The van der Waals surface area contributed by atoms with E-state index in [1.807, 2.05) is 7.48 Å². The molecule has 1 radical (unpaired) electrons. The zero-order chi connectivity index (χ0) is 6.10. The molecule has 1 aliphatic heterocycles. The summed E-state index contributed by atoms with van der Waals surface area (Å²) in [6.45, 7) is 0. The van der Waals surface area contributed by atoms with Crippen molar-refractivity contribution in [1.82, 2.24) is 0 Å². The Morgan fingerprint density at radius 3 is 3.56 bits per heavy atom. The lowest BCUT2D eigenvalue weighted by Crippen LogP contribution is -2.00. The van der Waals surface area contributed by atoms with Gasteiger partial charge in [-0.15, -0.1) is 0 Å². The topological polar surface area (TPSA) is 9.23 Å². The van der Waals surface area contributed by atoms with Crippen molar-refractivity contribution < 1.29 is 4.65 Å². The fourth-order valence-corrected chi connectivity index (χ4v) is 1.56. The number of rotatable bonds is 0. The van der Waals surface area contributed by atoms with Crippen LogP contribution in [0.5, 0.6) is 0 Å². The molecule has 47 valence electrons. The monoisotopic (exact) mass is 121 g/mol. The molecule has 0 N–H and O–H groups in total. The fourth-order valence-electron chi connectivity index (χ4n) is 1.56. The molecular formula is C7H10BO. The van der Waals surface area contributed by atoms with E-state index >= 15 is 0 Å². The van der Waals surface area contributed by atoms with Gasteiger partial charge in [-0.1, -0.05) is 0 Å². The predicted molar refractivity (Wildman–Crippen MR) is 37.1 cm³/mol. The van der Waals surface area contributed by atoms with Crippen LogP contribution in [0.15, 0.2) is 11.8 Å². The lowest BCUT2D eigenvalue weighted by Gasteiger charge is -2.14. The summed E-state index contributed by atoms with van der Waals surface area (Å²) in [5.74, 6) is 1.99. The third-order valence-electron chi connectivity index (χ3n) is 2.10. The highest BCUT2D eigenvalue weighted by Crippen LogP contribution is 2.32. The summed E-state index contributed by atoms with van der Waals surface area (Å²) in [7, 11) is 1.93. The van der Waals surface area contributed by atoms with E-state index in [0.717, 1.165) is 12.2 Å². The van der Waals surface area contributed by atoms with E-state index in [2.05, 4.69) is 6.08 Å². The Kier molecular flexibility index (Phi) is 1.25. The average Bonchev–Trinajstić information content (AvgIpc) is 2.33. The van der Waals surface area contributed by atoms with Crippen LogP contribution in [0, 0.1) is 5.92 Å². The van der Waals surface area contributed by atoms with Crippen molar-refractivity contribution in [1.29, 1.82) is 0 Å². The molecule has 0 bridgehead atoms. The van der Waals surface area contributed by atoms with Crippen LogP contribution in [-0.2, 0) is 4.65 Å². The van der Waals surface area contributed by atoms with Gasteiger partial charge in [0.25, 0.3) is 0 Å². The van der Waals surface area contributed by atoms with E-state index in [-0.39, 0.29) is 0 Å². The van der Waals surface area contributed by atoms with Gasteiger partial charge >= 0.3 is 7.48 Å². The van der Waals surface area contributed by atoms with Crippen LogP contribution in [0.4, 0.5) is 0 Å². The van der Waals surface area contributed by atoms with Crippen molar-refractivity contribution >= 4 is 7.48 Å². The van der Waals surface area contributed by atoms with Crippen molar-refractivity contribution in [3.63, 3.8) is 0 Å². The molecule has 1 saturated heterocycles. The number of hydrogen-bond donors (Lipinski definition) is 0. The summed E-state index contributed by atoms with van der Waals surface area (Å²) in [4.78, 5) is 0. The third kappa shape index (κ3) is 0.866. The van der Waals surface area contributed by atoms with Crippen molar-refractivity contribution in [3.8, 4) is 0 Å². The molecular weight excluding hydrogens is 111 g/mol. The molecule has 1 heterocycles. The van der Waals surface area contributed by atoms with Gasteiger partial charge < -0.3 is 4.65 Å². The second kappa shape index (κ2) is 2.09. The Morgan fingerprint density at radius 1 is 1.67 bits per heavy atom. The molecule has 0 amide bonds. The van der Waals surface area contributed by atoms with Gasteiger partial charge in [-0.2, -0.15) is 0 Å². The third-order valence-corrected chi connectivity index (χ3v) is 2.10. The standard InChI is InChI=1S/C7H10BO/c1-2-4-7-6(3-1)5-8-9-7/h4,6H,1-3,5H2. The van der Waals surface area contributed by atoms with Crippen molar-refractivity contribution in [2.45, 2.75) is 25.6 Å². The molecule has 0 saturated carbocycles. The Bertz CT molecular complexity index is 142. The molecule has 0 spiro atoms. The zero-order valence-corrected chi connectivity index (χ0v) is 5.47. The molecule has 1 unspecified atom stereocenters. The smallest absolute Gasteiger partial charge is 0.370 e. The lowest BCUT2D eigenvalue weighted by atomic mass is 9.84. The second-order valence-electron chi connectivity index (χ2n) is 2.75. The Labute approximate surface area is 56.4 Å². The molecule has 1 atom stereocenters. The first-order chi connectivity index (χ1) is 4.47. The van der Waals surface area contributed by atoms with Crippen LogP contribution < -0.4 is 0 Å². The van der Waals surface area contributed by atoms with Gasteiger partial charge in [0.15, 0.2) is 0 Å². The van der Waals surface area contributed by atoms with Crippen LogP contribution in [0.25, 0.3) is 0 Å². The van der Waals surface area contributed by atoms with Crippen molar-refractivity contribution in [2.75, 3.05) is 0 Å². The molecule has 1 fully saturated rings. The summed E-state index contributed by atoms with van der Waals surface area (Å²) >= 11 is 0. The number of hydrogen-bond acceptors (Lipinski definition) is 1. The largest absolute Gasteiger partial charge is 0.566 e. The minimum Gasteiger partial charge on any atom is -0.566 e. The van der Waals surface area contributed by atoms with Crippen LogP contribution in [0.3, 0.4) is 0 Å². The summed E-state index contributed by atoms with van der Waals surface area (Å²) < 4.78 is 5.29. The Morgan fingerprint density at radius 2 is 2.67 bits per heavy atom. The fraction of sp³-hybridized carbons (Fsp3) is 0.714. The highest BCUT2D eigenvalue weighted by atomic mass is 16.4. The lowest BCUT2D eigenvalue weighted by molar-refractivity contribution is 0.392. The summed E-state index contributed by atoms with van der Waals surface area (Å²) in [6, 6.07) is 0. The van der Waals surface area contributed by atoms with Crippen molar-refractivity contribution in [3.05, 3.63) is 11.8 Å². The molecule has 0 aromatic heterocycles. The molecule has 2 rings (SSSR count). The van der Waals surface area contributed by atoms with Crippen LogP contribution in [0.2, 0.25) is 6.32 Å². The summed E-state index contributed by atoms with van der Waals surface area (Å²) in [5, 5.41) is 0. The molecule has 2 aliphatic rings. The first-order valence-corrected chi connectivity index (χ1v) is 3.65. The average molecular weight is 121 g/mol.